The van der Waals surface area contributed by atoms with Crippen molar-refractivity contribution in [1.29, 1.82) is 0 Å². The predicted molar refractivity (Wildman–Crippen MR) is 130 cm³/mol. The minimum Gasteiger partial charge on any atom is -0.495 e. The molecule has 0 saturated heterocycles. The Morgan fingerprint density at radius 2 is 2.19 bits per heavy atom. The van der Waals surface area contributed by atoms with Crippen LogP contribution in [0.3, 0.4) is 0 Å². The molecule has 9 heteroatoms. The Balaban J connectivity index is 1.81. The molecule has 0 radical (unpaired) electrons. The van der Waals surface area contributed by atoms with E-state index >= 15 is 0 Å². The zero-order valence-corrected chi connectivity index (χ0v) is 19.9. The maximum absolute atomic E-state index is 13.2. The van der Waals surface area contributed by atoms with E-state index in [4.69, 9.17) is 16.3 Å². The van der Waals surface area contributed by atoms with Gasteiger partial charge in [-0.25, -0.2) is 4.99 Å². The lowest BCUT2D eigenvalue weighted by atomic mass is 10.1. The largest absolute Gasteiger partial charge is 0.495 e. The van der Waals surface area contributed by atoms with Crippen molar-refractivity contribution in [3.63, 3.8) is 0 Å². The number of nitrogens with zero attached hydrogens (tertiary/aromatic N) is 2. The molecule has 31 heavy (non-hydrogen) atoms. The van der Waals surface area contributed by atoms with Crippen LogP contribution >= 0.6 is 34.7 Å². The lowest BCUT2D eigenvalue weighted by Gasteiger charge is -2.18. The van der Waals surface area contributed by atoms with Crippen LogP contribution in [0.4, 0.5) is 5.69 Å². The Bertz CT molecular complexity index is 1000. The van der Waals surface area contributed by atoms with Crippen LogP contribution in [-0.2, 0) is 9.59 Å². The van der Waals surface area contributed by atoms with Crippen molar-refractivity contribution in [1.82, 2.24) is 5.32 Å². The van der Waals surface area contributed by atoms with E-state index in [0.29, 0.717) is 39.8 Å². The third-order valence-corrected chi connectivity index (χ3v) is 6.47. The predicted octanol–water partition coefficient (Wildman–Crippen LogP) is 5.05. The number of rotatable bonds is 8. The number of carbonyl (C=O) groups excluding carboxylic acids is 2. The average molecular weight is 478 g/mol. The number of hydrogen-bond donors (Lipinski definition) is 1. The van der Waals surface area contributed by atoms with Crippen LogP contribution in [0.1, 0.15) is 25.1 Å². The number of hydrogen-bond acceptors (Lipinski definition) is 6. The molecule has 1 aliphatic heterocycles. The fraction of sp³-hybridized carbons (Fsp3) is 0.318. The molecule has 3 rings (SSSR count). The van der Waals surface area contributed by atoms with Crippen molar-refractivity contribution in [3.8, 4) is 5.75 Å². The number of amidine groups is 1. The number of methoxy groups -OCH3 is 1. The third kappa shape index (κ3) is 6.12. The minimum absolute atomic E-state index is 0.0933. The van der Waals surface area contributed by atoms with Crippen LogP contribution in [0.25, 0.3) is 6.08 Å². The second-order valence-corrected chi connectivity index (χ2v) is 9.55. The Morgan fingerprint density at radius 1 is 1.39 bits per heavy atom. The van der Waals surface area contributed by atoms with Gasteiger partial charge in [-0.2, -0.15) is 0 Å². The van der Waals surface area contributed by atoms with E-state index in [2.05, 4.69) is 24.2 Å². The minimum atomic E-state index is -0.266. The van der Waals surface area contributed by atoms with Crippen LogP contribution in [0, 0.1) is 5.92 Å². The topological polar surface area (TPSA) is 71.0 Å². The summed E-state index contributed by atoms with van der Waals surface area (Å²) in [6.45, 7) is 4.85. The van der Waals surface area contributed by atoms with Crippen molar-refractivity contribution in [2.24, 2.45) is 10.9 Å². The molecule has 0 saturated carbocycles. The monoisotopic (exact) mass is 477 g/mol. The van der Waals surface area contributed by atoms with Crippen LogP contribution in [0.2, 0.25) is 5.02 Å². The van der Waals surface area contributed by atoms with Gasteiger partial charge < -0.3 is 10.1 Å². The molecule has 0 bridgehead atoms. The molecule has 1 N–H and O–H groups in total. The van der Waals surface area contributed by atoms with Crippen LogP contribution < -0.4 is 15.0 Å². The van der Waals surface area contributed by atoms with E-state index in [1.165, 1.54) is 35.1 Å². The van der Waals surface area contributed by atoms with E-state index in [1.54, 1.807) is 24.3 Å². The Labute approximate surface area is 195 Å². The van der Waals surface area contributed by atoms with E-state index in [9.17, 15) is 9.59 Å². The van der Waals surface area contributed by atoms with Gasteiger partial charge in [0.15, 0.2) is 5.17 Å². The van der Waals surface area contributed by atoms with Gasteiger partial charge in [-0.15, -0.1) is 11.3 Å². The van der Waals surface area contributed by atoms with Crippen molar-refractivity contribution >= 4 is 63.4 Å². The summed E-state index contributed by atoms with van der Waals surface area (Å²) in [6.07, 6.45) is 2.67. The summed E-state index contributed by atoms with van der Waals surface area (Å²) in [4.78, 5) is 32.3. The Morgan fingerprint density at radius 3 is 2.84 bits per heavy atom. The van der Waals surface area contributed by atoms with Crippen molar-refractivity contribution in [2.75, 3.05) is 24.3 Å². The molecule has 0 atom stereocenters. The van der Waals surface area contributed by atoms with Crippen LogP contribution in [0.5, 0.6) is 5.75 Å². The van der Waals surface area contributed by atoms with E-state index < -0.39 is 0 Å². The first-order valence-corrected chi connectivity index (χ1v) is 12.0. The lowest BCUT2D eigenvalue weighted by molar-refractivity contribution is -0.118. The lowest BCUT2D eigenvalue weighted by Crippen LogP contribution is -2.32. The second kappa shape index (κ2) is 10.8. The number of ether oxygens (including phenoxy) is 1. The number of nitrogens with one attached hydrogen (secondary N) is 1. The van der Waals surface area contributed by atoms with Gasteiger partial charge in [-0.1, -0.05) is 43.3 Å². The highest BCUT2D eigenvalue weighted by Gasteiger charge is 2.32. The molecule has 0 aliphatic carbocycles. The van der Waals surface area contributed by atoms with Gasteiger partial charge in [0.25, 0.3) is 5.91 Å². The highest BCUT2D eigenvalue weighted by atomic mass is 35.5. The molecule has 1 aliphatic rings. The summed E-state index contributed by atoms with van der Waals surface area (Å²) in [5, 5.41) is 5.67. The maximum atomic E-state index is 13.2. The summed E-state index contributed by atoms with van der Waals surface area (Å²) in [5.74, 6) is 0.838. The van der Waals surface area contributed by atoms with Gasteiger partial charge in [-0.05, 0) is 48.1 Å². The smallest absolute Gasteiger partial charge is 0.283 e. The second-order valence-electron chi connectivity index (χ2n) is 7.22. The SMILES string of the molecule is COc1ccc(N2C(=O)/C(=C\c3cccs3)N=C2SCC(=O)NCCC(C)C)cc1Cl. The standard InChI is InChI=1S/C22H24ClN3O3S2/c1-14(2)8-9-24-20(27)13-31-22-25-18(12-16-5-4-10-30-16)21(28)26(22)15-6-7-19(29-3)17(23)11-15/h4-7,10-12,14H,8-9,13H2,1-3H3,(H,24,27)/b18-12+. The molecule has 2 heterocycles. The molecule has 0 unspecified atom stereocenters. The van der Waals surface area contributed by atoms with Crippen LogP contribution in [0.15, 0.2) is 46.4 Å². The molecule has 164 valence electrons. The Kier molecular flexibility index (Phi) is 8.17. The van der Waals surface area contributed by atoms with Gasteiger partial charge in [0.1, 0.15) is 11.4 Å². The first kappa shape index (κ1) is 23.4. The molecule has 0 spiro atoms. The van der Waals surface area contributed by atoms with Gasteiger partial charge in [0.05, 0.1) is 23.6 Å². The summed E-state index contributed by atoms with van der Waals surface area (Å²) in [5.41, 5.74) is 0.883. The molecule has 1 aromatic carbocycles. The number of amides is 2. The van der Waals surface area contributed by atoms with E-state index in [1.807, 2.05) is 17.5 Å². The van der Waals surface area contributed by atoms with Crippen molar-refractivity contribution in [3.05, 3.63) is 51.3 Å². The van der Waals surface area contributed by atoms with Crippen molar-refractivity contribution < 1.29 is 14.3 Å². The summed E-state index contributed by atoms with van der Waals surface area (Å²) in [6, 6.07) is 8.94. The van der Waals surface area contributed by atoms with Gasteiger partial charge >= 0.3 is 0 Å². The third-order valence-electron chi connectivity index (χ3n) is 4.42. The summed E-state index contributed by atoms with van der Waals surface area (Å²) in [7, 11) is 1.53. The molecular formula is C22H24ClN3O3S2. The molecule has 2 aromatic rings. The zero-order chi connectivity index (χ0) is 22.4. The highest BCUT2D eigenvalue weighted by Crippen LogP contribution is 2.34. The van der Waals surface area contributed by atoms with Gasteiger partial charge in [-0.3, -0.25) is 14.5 Å². The average Bonchev–Trinajstić information content (AvgIpc) is 3.34. The summed E-state index contributed by atoms with van der Waals surface area (Å²) >= 11 is 9.02. The molecule has 1 aromatic heterocycles. The fourth-order valence-electron chi connectivity index (χ4n) is 2.80. The van der Waals surface area contributed by atoms with Gasteiger partial charge in [0.2, 0.25) is 5.91 Å². The summed E-state index contributed by atoms with van der Waals surface area (Å²) < 4.78 is 5.21. The normalized spacial score (nSPS) is 15.0. The first-order chi connectivity index (χ1) is 14.9. The number of anilines is 1. The number of halogens is 1. The molecular weight excluding hydrogens is 454 g/mol. The fourth-order valence-corrected chi connectivity index (χ4v) is 4.55. The highest BCUT2D eigenvalue weighted by molar-refractivity contribution is 8.14. The van der Waals surface area contributed by atoms with E-state index in [0.717, 1.165) is 11.3 Å². The maximum Gasteiger partial charge on any atom is 0.283 e. The van der Waals surface area contributed by atoms with E-state index in [-0.39, 0.29) is 17.6 Å². The molecule has 6 nitrogen and oxygen atoms in total. The zero-order valence-electron chi connectivity index (χ0n) is 17.6. The first-order valence-electron chi connectivity index (χ1n) is 9.80. The Hall–Kier alpha value is -2.29. The van der Waals surface area contributed by atoms with Crippen molar-refractivity contribution in [2.45, 2.75) is 20.3 Å². The number of thioether (sulfide) groups is 1. The number of carbonyl (C=O) groups is 2. The molecule has 0 fully saturated rings. The molecule has 2 amide bonds. The van der Waals surface area contributed by atoms with Crippen LogP contribution in [-0.4, -0.2) is 36.4 Å². The quantitative estimate of drug-likeness (QED) is 0.540. The number of thiophene rings is 1. The number of aliphatic imine (C=N–C) groups is 1. The number of benzene rings is 1. The van der Waals surface area contributed by atoms with Gasteiger partial charge in [0, 0.05) is 11.4 Å².